The monoisotopic (exact) mass is 554 g/mol. The van der Waals surface area contributed by atoms with Gasteiger partial charge in [-0.3, -0.25) is 19.2 Å². The molecule has 1 aliphatic heterocycles. The predicted molar refractivity (Wildman–Crippen MR) is 136 cm³/mol. The Hall–Kier alpha value is -2.79. The van der Waals surface area contributed by atoms with E-state index in [0.29, 0.717) is 32.7 Å². The number of hydrogen-bond donors (Lipinski definition) is 4. The average Bonchev–Trinajstić information content (AvgIpc) is 3.57. The van der Waals surface area contributed by atoms with E-state index in [1.807, 2.05) is 0 Å². The van der Waals surface area contributed by atoms with Gasteiger partial charge in [-0.1, -0.05) is 25.7 Å². The second-order valence-corrected chi connectivity index (χ2v) is 12.1. The standard InChI is InChI=1S/C27H40F2N4O6/c1-26(28,29)13-10-18(21(34)23(36)30-17-8-9-17)31-22(35)19-14-27(11-3-2-4-12-27)15-33(19)24(37)20(32-25(38)39)16-6-5-7-16/h16-20,32H,2-15H2,1H3,(H,30,36)(H,31,35)(H,38,39)/t18?,19-,20?/m0/s1. The zero-order valence-electron chi connectivity index (χ0n) is 22.5. The lowest BCUT2D eigenvalue weighted by Gasteiger charge is -2.37. The number of nitrogens with zero attached hydrogens (tertiary/aromatic N) is 1. The molecule has 39 heavy (non-hydrogen) atoms. The van der Waals surface area contributed by atoms with Crippen LogP contribution in [0.2, 0.25) is 0 Å². The smallest absolute Gasteiger partial charge is 0.405 e. The summed E-state index contributed by atoms with van der Waals surface area (Å²) in [5, 5.41) is 16.8. The number of carboxylic acid groups (broad SMARTS) is 1. The Morgan fingerprint density at radius 2 is 1.67 bits per heavy atom. The SMILES string of the molecule is CC(F)(F)CCC(NC(=O)[C@@H]1CC2(CCCCC2)CN1C(=O)C(NC(=O)O)C1CCC1)C(=O)C(=O)NC1CC1. The Balaban J connectivity index is 1.55. The highest BCUT2D eigenvalue weighted by Gasteiger charge is 2.51. The van der Waals surface area contributed by atoms with Crippen molar-refractivity contribution < 1.29 is 37.9 Å². The van der Waals surface area contributed by atoms with Gasteiger partial charge < -0.3 is 26.0 Å². The Morgan fingerprint density at radius 1 is 1.00 bits per heavy atom. The third-order valence-corrected chi connectivity index (χ3v) is 8.82. The molecule has 2 unspecified atom stereocenters. The summed E-state index contributed by atoms with van der Waals surface area (Å²) in [5.74, 6) is -6.31. The van der Waals surface area contributed by atoms with E-state index in [1.165, 1.54) is 4.90 Å². The summed E-state index contributed by atoms with van der Waals surface area (Å²) in [7, 11) is 0. The van der Waals surface area contributed by atoms with Crippen molar-refractivity contribution in [3.05, 3.63) is 0 Å². The fourth-order valence-corrected chi connectivity index (χ4v) is 6.23. The molecule has 218 valence electrons. The fourth-order valence-electron chi connectivity index (χ4n) is 6.23. The summed E-state index contributed by atoms with van der Waals surface area (Å²) < 4.78 is 27.4. The van der Waals surface area contributed by atoms with E-state index in [4.69, 9.17) is 0 Å². The van der Waals surface area contributed by atoms with Gasteiger partial charge in [-0.2, -0.15) is 0 Å². The average molecular weight is 555 g/mol. The van der Waals surface area contributed by atoms with Crippen molar-refractivity contribution in [2.75, 3.05) is 6.54 Å². The first-order chi connectivity index (χ1) is 18.4. The first-order valence-electron chi connectivity index (χ1n) is 14.2. The summed E-state index contributed by atoms with van der Waals surface area (Å²) in [6, 6.07) is -3.55. The van der Waals surface area contributed by atoms with Crippen molar-refractivity contribution in [2.45, 2.75) is 120 Å². The van der Waals surface area contributed by atoms with E-state index in [-0.39, 0.29) is 17.4 Å². The lowest BCUT2D eigenvalue weighted by molar-refractivity contribution is -0.144. The van der Waals surface area contributed by atoms with Gasteiger partial charge in [0.25, 0.3) is 5.91 Å². The third kappa shape index (κ3) is 7.45. The number of nitrogens with one attached hydrogen (secondary N) is 3. The molecule has 1 spiro atoms. The maximum Gasteiger partial charge on any atom is 0.405 e. The molecule has 3 aliphatic carbocycles. The number of amides is 4. The molecule has 4 fully saturated rings. The van der Waals surface area contributed by atoms with Crippen LogP contribution in [-0.4, -0.2) is 76.2 Å². The number of carbonyl (C=O) groups excluding carboxylic acids is 4. The highest BCUT2D eigenvalue weighted by Crippen LogP contribution is 2.47. The molecule has 4 rings (SSSR count). The van der Waals surface area contributed by atoms with Crippen LogP contribution in [0.4, 0.5) is 13.6 Å². The van der Waals surface area contributed by atoms with E-state index >= 15 is 0 Å². The van der Waals surface area contributed by atoms with E-state index in [9.17, 15) is 37.9 Å². The van der Waals surface area contributed by atoms with Crippen molar-refractivity contribution in [3.8, 4) is 0 Å². The van der Waals surface area contributed by atoms with Gasteiger partial charge in [-0.25, -0.2) is 13.6 Å². The molecule has 3 saturated carbocycles. The molecular formula is C27H40F2N4O6. The van der Waals surface area contributed by atoms with Crippen LogP contribution in [0, 0.1) is 11.3 Å². The number of likely N-dealkylation sites (tertiary alicyclic amines) is 1. The van der Waals surface area contributed by atoms with Crippen LogP contribution < -0.4 is 16.0 Å². The Kier molecular flexibility index (Phi) is 8.80. The molecule has 0 bridgehead atoms. The van der Waals surface area contributed by atoms with Crippen molar-refractivity contribution in [1.29, 1.82) is 0 Å². The first-order valence-corrected chi connectivity index (χ1v) is 14.2. The number of alkyl halides is 2. The third-order valence-electron chi connectivity index (χ3n) is 8.82. The van der Waals surface area contributed by atoms with E-state index < -0.39 is 66.5 Å². The van der Waals surface area contributed by atoms with Gasteiger partial charge in [-0.05, 0) is 69.6 Å². The summed E-state index contributed by atoms with van der Waals surface area (Å²) in [5.41, 5.74) is -0.303. The summed E-state index contributed by atoms with van der Waals surface area (Å²) in [4.78, 5) is 65.7. The van der Waals surface area contributed by atoms with Crippen LogP contribution in [0.5, 0.6) is 0 Å². The quantitative estimate of drug-likeness (QED) is 0.289. The molecule has 0 aromatic carbocycles. The van der Waals surface area contributed by atoms with Crippen molar-refractivity contribution in [2.24, 2.45) is 11.3 Å². The molecule has 4 aliphatic rings. The Morgan fingerprint density at radius 3 is 2.21 bits per heavy atom. The van der Waals surface area contributed by atoms with Gasteiger partial charge in [0.05, 0.1) is 6.04 Å². The van der Waals surface area contributed by atoms with E-state index in [1.54, 1.807) is 0 Å². The summed E-state index contributed by atoms with van der Waals surface area (Å²) in [6.07, 6.45) is 6.22. The maximum absolute atomic E-state index is 13.8. The van der Waals surface area contributed by atoms with Gasteiger partial charge in [0.1, 0.15) is 12.1 Å². The second kappa shape index (κ2) is 11.8. The Labute approximate surface area is 227 Å². The molecule has 4 N–H and O–H groups in total. The van der Waals surface area contributed by atoms with Gasteiger partial charge in [-0.15, -0.1) is 0 Å². The zero-order chi connectivity index (χ0) is 28.4. The molecule has 0 aromatic rings. The van der Waals surface area contributed by atoms with Crippen LogP contribution in [0.1, 0.15) is 90.4 Å². The maximum atomic E-state index is 13.8. The topological polar surface area (TPSA) is 145 Å². The lowest BCUT2D eigenvalue weighted by Crippen LogP contribution is -2.58. The zero-order valence-corrected chi connectivity index (χ0v) is 22.5. The number of carbonyl (C=O) groups is 5. The van der Waals surface area contributed by atoms with E-state index in [2.05, 4.69) is 16.0 Å². The number of Topliss-reactive ketones (excluding diaryl/α,β-unsaturated/α-hetero) is 1. The molecule has 3 atom stereocenters. The van der Waals surface area contributed by atoms with Crippen LogP contribution in [0.3, 0.4) is 0 Å². The first kappa shape index (κ1) is 29.2. The van der Waals surface area contributed by atoms with E-state index in [0.717, 1.165) is 51.4 Å². The minimum Gasteiger partial charge on any atom is -0.465 e. The molecule has 1 saturated heterocycles. The van der Waals surface area contributed by atoms with Crippen LogP contribution in [-0.2, 0) is 19.2 Å². The largest absolute Gasteiger partial charge is 0.465 e. The van der Waals surface area contributed by atoms with Crippen molar-refractivity contribution in [3.63, 3.8) is 0 Å². The summed E-state index contributed by atoms with van der Waals surface area (Å²) >= 11 is 0. The highest BCUT2D eigenvalue weighted by atomic mass is 19.3. The number of hydrogen-bond acceptors (Lipinski definition) is 5. The molecular weight excluding hydrogens is 514 g/mol. The molecule has 12 heteroatoms. The fraction of sp³-hybridized carbons (Fsp3) is 0.815. The number of halogens is 2. The van der Waals surface area contributed by atoms with Crippen LogP contribution in [0.25, 0.3) is 0 Å². The van der Waals surface area contributed by atoms with Gasteiger partial charge in [0, 0.05) is 19.0 Å². The second-order valence-electron chi connectivity index (χ2n) is 12.1. The molecule has 0 aromatic heterocycles. The minimum absolute atomic E-state index is 0.121. The van der Waals surface area contributed by atoms with Crippen LogP contribution in [0.15, 0.2) is 0 Å². The molecule has 10 nitrogen and oxygen atoms in total. The normalized spacial score (nSPS) is 24.4. The van der Waals surface area contributed by atoms with Gasteiger partial charge in [0.15, 0.2) is 0 Å². The van der Waals surface area contributed by atoms with Gasteiger partial charge >= 0.3 is 6.09 Å². The molecule has 1 heterocycles. The lowest BCUT2D eigenvalue weighted by atomic mass is 9.72. The van der Waals surface area contributed by atoms with Crippen molar-refractivity contribution >= 4 is 29.6 Å². The van der Waals surface area contributed by atoms with Crippen LogP contribution >= 0.6 is 0 Å². The predicted octanol–water partition coefficient (Wildman–Crippen LogP) is 2.74. The van der Waals surface area contributed by atoms with Gasteiger partial charge in [0.2, 0.25) is 23.5 Å². The number of rotatable bonds is 11. The molecule has 4 amide bonds. The number of ketones is 1. The minimum atomic E-state index is -3.10. The Bertz CT molecular complexity index is 972. The summed E-state index contributed by atoms with van der Waals surface area (Å²) in [6.45, 7) is 1.00. The van der Waals surface area contributed by atoms with Crippen molar-refractivity contribution in [1.82, 2.24) is 20.9 Å². The highest BCUT2D eigenvalue weighted by molar-refractivity contribution is 6.38. The molecule has 0 radical (unpaired) electrons.